The van der Waals surface area contributed by atoms with Crippen LogP contribution in [-0.4, -0.2) is 18.4 Å². The highest BCUT2D eigenvalue weighted by atomic mass is 16.5. The monoisotopic (exact) mass is 182 g/mol. The fourth-order valence-electron chi connectivity index (χ4n) is 0.937. The van der Waals surface area contributed by atoms with Gasteiger partial charge in [0.05, 0.1) is 12.2 Å². The van der Waals surface area contributed by atoms with Gasteiger partial charge in [0, 0.05) is 0 Å². The van der Waals surface area contributed by atoms with Crippen molar-refractivity contribution in [2.24, 2.45) is 0 Å². The van der Waals surface area contributed by atoms with Crippen LogP contribution < -0.4 is 0 Å². The molecular formula is C9H10O4. The van der Waals surface area contributed by atoms with Crippen LogP contribution in [0.15, 0.2) is 16.9 Å². The number of hydrogen-bond acceptors (Lipinski definition) is 4. The lowest BCUT2D eigenvalue weighted by atomic mass is 10.1. The molecule has 0 N–H and O–H groups in total. The average Bonchev–Trinajstić information content (AvgIpc) is 2.52. The molecule has 13 heavy (non-hydrogen) atoms. The van der Waals surface area contributed by atoms with Gasteiger partial charge in [0.2, 0.25) is 0 Å². The number of hydrogen-bond donors (Lipinski definition) is 0. The fourth-order valence-corrected chi connectivity index (χ4v) is 0.937. The third-order valence-electron chi connectivity index (χ3n) is 1.54. The van der Waals surface area contributed by atoms with E-state index >= 15 is 0 Å². The number of carbonyl (C=O) groups is 2. The van der Waals surface area contributed by atoms with Crippen LogP contribution in [0, 0.1) is 0 Å². The predicted octanol–water partition coefficient (Wildman–Crippen LogP) is 1.66. The standard InChI is InChI=1S/C9H10O4/c1-3-13-9(11)8-5-12-4-7(8)6(2)10/h4-5H,3H2,1-2H3. The molecule has 1 aromatic heterocycles. The van der Waals surface area contributed by atoms with Crippen molar-refractivity contribution in [1.29, 1.82) is 0 Å². The molecule has 0 saturated carbocycles. The van der Waals surface area contributed by atoms with Crippen molar-refractivity contribution in [3.05, 3.63) is 23.7 Å². The van der Waals surface area contributed by atoms with Gasteiger partial charge in [-0.05, 0) is 13.8 Å². The second-order valence-electron chi connectivity index (χ2n) is 2.48. The first-order valence-corrected chi connectivity index (χ1v) is 3.91. The maximum atomic E-state index is 11.2. The highest BCUT2D eigenvalue weighted by molar-refractivity contribution is 6.04. The third-order valence-corrected chi connectivity index (χ3v) is 1.54. The Morgan fingerprint density at radius 1 is 1.38 bits per heavy atom. The van der Waals surface area contributed by atoms with Gasteiger partial charge >= 0.3 is 5.97 Å². The molecule has 0 aliphatic carbocycles. The number of furan rings is 1. The van der Waals surface area contributed by atoms with Crippen LogP contribution in [-0.2, 0) is 4.74 Å². The van der Waals surface area contributed by atoms with Crippen LogP contribution in [0.1, 0.15) is 34.6 Å². The highest BCUT2D eigenvalue weighted by Crippen LogP contribution is 2.12. The van der Waals surface area contributed by atoms with Gasteiger partial charge in [-0.1, -0.05) is 0 Å². The molecule has 1 rings (SSSR count). The van der Waals surface area contributed by atoms with E-state index in [4.69, 9.17) is 9.15 Å². The van der Waals surface area contributed by atoms with E-state index in [1.165, 1.54) is 19.5 Å². The SMILES string of the molecule is CCOC(=O)c1cocc1C(C)=O. The summed E-state index contributed by atoms with van der Waals surface area (Å²) in [5.74, 6) is -0.738. The molecule has 4 heteroatoms. The number of esters is 1. The van der Waals surface area contributed by atoms with E-state index in [0.29, 0.717) is 0 Å². The van der Waals surface area contributed by atoms with E-state index in [-0.39, 0.29) is 23.5 Å². The lowest BCUT2D eigenvalue weighted by Crippen LogP contribution is -2.07. The molecule has 0 aliphatic heterocycles. The topological polar surface area (TPSA) is 56.5 Å². The van der Waals surface area contributed by atoms with Gasteiger partial charge in [-0.3, -0.25) is 4.79 Å². The molecule has 70 valence electrons. The molecule has 1 aromatic rings. The van der Waals surface area contributed by atoms with Crippen molar-refractivity contribution in [3.63, 3.8) is 0 Å². The second-order valence-corrected chi connectivity index (χ2v) is 2.48. The van der Waals surface area contributed by atoms with Gasteiger partial charge in [0.15, 0.2) is 5.78 Å². The Labute approximate surface area is 75.5 Å². The molecule has 0 spiro atoms. The number of carbonyl (C=O) groups excluding carboxylic acids is 2. The summed E-state index contributed by atoms with van der Waals surface area (Å²) in [6.45, 7) is 3.35. The first-order valence-electron chi connectivity index (χ1n) is 3.91. The van der Waals surface area contributed by atoms with Crippen molar-refractivity contribution < 1.29 is 18.7 Å². The summed E-state index contributed by atoms with van der Waals surface area (Å²) in [6, 6.07) is 0. The molecule has 0 radical (unpaired) electrons. The normalized spacial score (nSPS) is 9.69. The Morgan fingerprint density at radius 3 is 2.54 bits per heavy atom. The zero-order valence-electron chi connectivity index (χ0n) is 7.49. The molecule has 0 unspecified atom stereocenters. The maximum absolute atomic E-state index is 11.2. The summed E-state index contributed by atoms with van der Waals surface area (Å²) >= 11 is 0. The van der Waals surface area contributed by atoms with Gasteiger partial charge in [0.25, 0.3) is 0 Å². The molecular weight excluding hydrogens is 172 g/mol. The van der Waals surface area contributed by atoms with Crippen molar-refractivity contribution in [2.75, 3.05) is 6.61 Å². The van der Waals surface area contributed by atoms with Crippen LogP contribution in [0.2, 0.25) is 0 Å². The van der Waals surface area contributed by atoms with E-state index in [9.17, 15) is 9.59 Å². The number of Topliss-reactive ketones (excluding diaryl/α,β-unsaturated/α-hetero) is 1. The van der Waals surface area contributed by atoms with Gasteiger partial charge in [-0.15, -0.1) is 0 Å². The Hall–Kier alpha value is -1.58. The summed E-state index contributed by atoms with van der Waals surface area (Å²) in [5, 5.41) is 0. The number of ketones is 1. The van der Waals surface area contributed by atoms with Crippen molar-refractivity contribution in [1.82, 2.24) is 0 Å². The molecule has 0 bridgehead atoms. The minimum Gasteiger partial charge on any atom is -0.471 e. The quantitative estimate of drug-likeness (QED) is 0.527. The molecule has 0 fully saturated rings. The molecule has 0 aromatic carbocycles. The van der Waals surface area contributed by atoms with Crippen LogP contribution in [0.25, 0.3) is 0 Å². The van der Waals surface area contributed by atoms with Gasteiger partial charge in [-0.2, -0.15) is 0 Å². The fraction of sp³-hybridized carbons (Fsp3) is 0.333. The summed E-state index contributed by atoms with van der Waals surface area (Å²) in [4.78, 5) is 22.2. The van der Waals surface area contributed by atoms with Crippen LogP contribution in [0.5, 0.6) is 0 Å². The van der Waals surface area contributed by atoms with Gasteiger partial charge in [-0.25, -0.2) is 4.79 Å². The van der Waals surface area contributed by atoms with E-state index in [2.05, 4.69) is 0 Å². The van der Waals surface area contributed by atoms with Crippen LogP contribution in [0.3, 0.4) is 0 Å². The Kier molecular flexibility index (Phi) is 2.84. The predicted molar refractivity (Wildman–Crippen MR) is 44.7 cm³/mol. The van der Waals surface area contributed by atoms with Crippen molar-refractivity contribution in [2.45, 2.75) is 13.8 Å². The van der Waals surface area contributed by atoms with Crippen molar-refractivity contribution in [3.8, 4) is 0 Å². The van der Waals surface area contributed by atoms with Crippen molar-refractivity contribution >= 4 is 11.8 Å². The average molecular weight is 182 g/mol. The molecule has 0 atom stereocenters. The maximum Gasteiger partial charge on any atom is 0.342 e. The summed E-state index contributed by atoms with van der Waals surface area (Å²) < 4.78 is 9.48. The summed E-state index contributed by atoms with van der Waals surface area (Å²) in [7, 11) is 0. The van der Waals surface area contributed by atoms with E-state index in [1.807, 2.05) is 0 Å². The van der Waals surface area contributed by atoms with Gasteiger partial charge < -0.3 is 9.15 Å². The smallest absolute Gasteiger partial charge is 0.342 e. The molecule has 4 nitrogen and oxygen atoms in total. The van der Waals surface area contributed by atoms with E-state index < -0.39 is 5.97 Å². The molecule has 0 amide bonds. The largest absolute Gasteiger partial charge is 0.471 e. The third kappa shape index (κ3) is 1.96. The first kappa shape index (κ1) is 9.51. The minimum atomic E-state index is -0.526. The number of ether oxygens (including phenoxy) is 1. The van der Waals surface area contributed by atoms with E-state index in [0.717, 1.165) is 0 Å². The summed E-state index contributed by atoms with van der Waals surface area (Å²) in [5.41, 5.74) is 0.452. The molecule has 0 aliphatic rings. The van der Waals surface area contributed by atoms with Crippen LogP contribution >= 0.6 is 0 Å². The highest BCUT2D eigenvalue weighted by Gasteiger charge is 2.17. The zero-order valence-corrected chi connectivity index (χ0v) is 7.49. The lowest BCUT2D eigenvalue weighted by Gasteiger charge is -1.98. The molecule has 1 heterocycles. The zero-order chi connectivity index (χ0) is 9.84. The minimum absolute atomic E-state index is 0.189. The Balaban J connectivity index is 2.93. The Bertz CT molecular complexity index is 324. The number of rotatable bonds is 3. The van der Waals surface area contributed by atoms with Crippen LogP contribution in [0.4, 0.5) is 0 Å². The second kappa shape index (κ2) is 3.89. The van der Waals surface area contributed by atoms with E-state index in [1.54, 1.807) is 6.92 Å². The molecule has 0 saturated heterocycles. The van der Waals surface area contributed by atoms with Gasteiger partial charge in [0.1, 0.15) is 18.1 Å². The summed E-state index contributed by atoms with van der Waals surface area (Å²) in [6.07, 6.45) is 2.46. The lowest BCUT2D eigenvalue weighted by molar-refractivity contribution is 0.0522. The first-order chi connectivity index (χ1) is 6.16. The Morgan fingerprint density at radius 2 is 2.00 bits per heavy atom.